The fourth-order valence-electron chi connectivity index (χ4n) is 1.64. The third-order valence-corrected chi connectivity index (χ3v) is 2.14. The van der Waals surface area contributed by atoms with Gasteiger partial charge < -0.3 is 10.3 Å². The summed E-state index contributed by atoms with van der Waals surface area (Å²) in [6, 6.07) is 4.20. The molecule has 2 N–H and O–H groups in total. The first kappa shape index (κ1) is 9.66. The van der Waals surface area contributed by atoms with Crippen molar-refractivity contribution in [3.8, 4) is 6.07 Å². The zero-order valence-electron chi connectivity index (χ0n) is 8.33. The Balaban J connectivity index is 3.34. The van der Waals surface area contributed by atoms with Crippen molar-refractivity contribution in [3.05, 3.63) is 17.5 Å². The second-order valence-corrected chi connectivity index (χ2v) is 3.36. The van der Waals surface area contributed by atoms with Gasteiger partial charge in [-0.1, -0.05) is 6.92 Å². The molecule has 0 atom stereocenters. The largest absolute Gasteiger partial charge is 0.397 e. The number of anilines is 1. The molecular weight excluding hydrogens is 162 g/mol. The topological polar surface area (TPSA) is 54.7 Å². The number of hydrogen-bond acceptors (Lipinski definition) is 2. The van der Waals surface area contributed by atoms with E-state index in [2.05, 4.69) is 19.9 Å². The van der Waals surface area contributed by atoms with Gasteiger partial charge in [-0.3, -0.25) is 0 Å². The molecule has 1 heterocycles. The first-order chi connectivity index (χ1) is 6.11. The van der Waals surface area contributed by atoms with Gasteiger partial charge in [0, 0.05) is 11.7 Å². The van der Waals surface area contributed by atoms with E-state index < -0.39 is 0 Å². The Hall–Kier alpha value is -1.43. The van der Waals surface area contributed by atoms with Crippen molar-refractivity contribution in [3.63, 3.8) is 0 Å². The van der Waals surface area contributed by atoms with Crippen molar-refractivity contribution >= 4 is 5.69 Å². The highest BCUT2D eigenvalue weighted by Crippen LogP contribution is 2.22. The normalized spacial score (nSPS) is 10.4. The Labute approximate surface area is 78.8 Å². The summed E-state index contributed by atoms with van der Waals surface area (Å²) in [6.07, 6.45) is 0.867. The van der Waals surface area contributed by atoms with E-state index >= 15 is 0 Å². The van der Waals surface area contributed by atoms with Crippen LogP contribution in [0.25, 0.3) is 0 Å². The van der Waals surface area contributed by atoms with E-state index in [9.17, 15) is 0 Å². The molecule has 0 saturated carbocycles. The van der Waals surface area contributed by atoms with Crippen LogP contribution in [-0.4, -0.2) is 4.57 Å². The Morgan fingerprint density at radius 1 is 1.62 bits per heavy atom. The molecule has 0 radical (unpaired) electrons. The molecule has 0 bridgehead atoms. The number of nitrogens with zero attached hydrogens (tertiary/aromatic N) is 2. The van der Waals surface area contributed by atoms with Gasteiger partial charge in [0.2, 0.25) is 0 Å². The molecule has 0 spiro atoms. The van der Waals surface area contributed by atoms with E-state index in [1.807, 2.05) is 11.5 Å². The average molecular weight is 177 g/mol. The predicted octanol–water partition coefficient (Wildman–Crippen LogP) is 2.09. The van der Waals surface area contributed by atoms with E-state index in [1.54, 1.807) is 6.07 Å². The van der Waals surface area contributed by atoms with Crippen LogP contribution in [0.15, 0.2) is 6.07 Å². The zero-order valence-corrected chi connectivity index (χ0v) is 8.33. The van der Waals surface area contributed by atoms with Crippen LogP contribution < -0.4 is 5.73 Å². The Bertz CT molecular complexity index is 342. The van der Waals surface area contributed by atoms with Crippen LogP contribution in [0, 0.1) is 11.3 Å². The van der Waals surface area contributed by atoms with Crippen molar-refractivity contribution in [1.29, 1.82) is 5.26 Å². The molecule has 70 valence electrons. The zero-order chi connectivity index (χ0) is 10.0. The molecule has 0 fully saturated rings. The van der Waals surface area contributed by atoms with E-state index in [-0.39, 0.29) is 0 Å². The van der Waals surface area contributed by atoms with E-state index in [1.165, 1.54) is 0 Å². The molecule has 1 rings (SSSR count). The SMILES string of the molecule is CCc1c(N)cc(C#N)n1C(C)C. The molecular formula is C10H15N3. The maximum atomic E-state index is 8.87. The molecule has 3 nitrogen and oxygen atoms in total. The number of aromatic nitrogens is 1. The van der Waals surface area contributed by atoms with Crippen molar-refractivity contribution in [2.45, 2.75) is 33.2 Å². The van der Waals surface area contributed by atoms with Gasteiger partial charge >= 0.3 is 0 Å². The molecule has 0 unspecified atom stereocenters. The molecule has 0 saturated heterocycles. The number of hydrogen-bond donors (Lipinski definition) is 1. The standard InChI is InChI=1S/C10H15N3/c1-4-10-9(12)5-8(6-11)13(10)7(2)3/h5,7H,4,12H2,1-3H3. The minimum Gasteiger partial charge on any atom is -0.397 e. The van der Waals surface area contributed by atoms with E-state index in [4.69, 9.17) is 11.0 Å². The van der Waals surface area contributed by atoms with E-state index in [0.29, 0.717) is 11.7 Å². The van der Waals surface area contributed by atoms with Gasteiger partial charge in [0.1, 0.15) is 11.8 Å². The summed E-state index contributed by atoms with van der Waals surface area (Å²) in [4.78, 5) is 0. The fraction of sp³-hybridized carbons (Fsp3) is 0.500. The summed E-state index contributed by atoms with van der Waals surface area (Å²) in [5, 5.41) is 8.87. The predicted molar refractivity (Wildman–Crippen MR) is 53.3 cm³/mol. The maximum Gasteiger partial charge on any atom is 0.122 e. The average Bonchev–Trinajstić information content (AvgIpc) is 2.41. The van der Waals surface area contributed by atoms with Gasteiger partial charge in [-0.05, 0) is 26.3 Å². The Kier molecular flexibility index (Phi) is 2.62. The minimum atomic E-state index is 0.293. The lowest BCUT2D eigenvalue weighted by atomic mass is 10.3. The number of rotatable bonds is 2. The summed E-state index contributed by atoms with van der Waals surface area (Å²) in [6.45, 7) is 6.16. The van der Waals surface area contributed by atoms with Crippen molar-refractivity contribution in [1.82, 2.24) is 4.57 Å². The Morgan fingerprint density at radius 2 is 2.23 bits per heavy atom. The lowest BCUT2D eigenvalue weighted by Crippen LogP contribution is -2.07. The van der Waals surface area contributed by atoms with Crippen LogP contribution in [0.5, 0.6) is 0 Å². The minimum absolute atomic E-state index is 0.293. The smallest absolute Gasteiger partial charge is 0.122 e. The first-order valence-corrected chi connectivity index (χ1v) is 4.51. The van der Waals surface area contributed by atoms with Gasteiger partial charge in [0.25, 0.3) is 0 Å². The second kappa shape index (κ2) is 3.53. The summed E-state index contributed by atoms with van der Waals surface area (Å²) < 4.78 is 2.00. The number of nitrogen functional groups attached to an aromatic ring is 1. The van der Waals surface area contributed by atoms with Gasteiger partial charge in [-0.15, -0.1) is 0 Å². The van der Waals surface area contributed by atoms with Crippen LogP contribution >= 0.6 is 0 Å². The molecule has 1 aromatic heterocycles. The first-order valence-electron chi connectivity index (χ1n) is 4.51. The maximum absolute atomic E-state index is 8.87. The molecule has 0 aliphatic heterocycles. The lowest BCUT2D eigenvalue weighted by Gasteiger charge is -2.13. The molecule has 0 aliphatic carbocycles. The van der Waals surface area contributed by atoms with Crippen LogP contribution in [0.2, 0.25) is 0 Å². The Morgan fingerprint density at radius 3 is 2.62 bits per heavy atom. The van der Waals surface area contributed by atoms with Crippen molar-refractivity contribution in [2.24, 2.45) is 0 Å². The van der Waals surface area contributed by atoms with Crippen LogP contribution in [-0.2, 0) is 6.42 Å². The van der Waals surface area contributed by atoms with Crippen molar-refractivity contribution < 1.29 is 0 Å². The summed E-state index contributed by atoms with van der Waals surface area (Å²) >= 11 is 0. The highest BCUT2D eigenvalue weighted by molar-refractivity contribution is 5.50. The van der Waals surface area contributed by atoms with Crippen molar-refractivity contribution in [2.75, 3.05) is 5.73 Å². The van der Waals surface area contributed by atoms with Crippen LogP contribution in [0.4, 0.5) is 5.69 Å². The highest BCUT2D eigenvalue weighted by atomic mass is 15.0. The molecule has 1 aromatic rings. The van der Waals surface area contributed by atoms with Gasteiger partial charge in [0.05, 0.1) is 5.69 Å². The van der Waals surface area contributed by atoms with Gasteiger partial charge in [0.15, 0.2) is 0 Å². The summed E-state index contributed by atoms with van der Waals surface area (Å²) in [7, 11) is 0. The molecule has 0 aliphatic rings. The third kappa shape index (κ3) is 1.52. The second-order valence-electron chi connectivity index (χ2n) is 3.36. The van der Waals surface area contributed by atoms with Crippen LogP contribution in [0.3, 0.4) is 0 Å². The summed E-state index contributed by atoms with van der Waals surface area (Å²) in [5.41, 5.74) is 8.24. The lowest BCUT2D eigenvalue weighted by molar-refractivity contribution is 0.574. The van der Waals surface area contributed by atoms with E-state index in [0.717, 1.165) is 17.8 Å². The number of nitrogens with two attached hydrogens (primary N) is 1. The van der Waals surface area contributed by atoms with Gasteiger partial charge in [-0.2, -0.15) is 5.26 Å². The third-order valence-electron chi connectivity index (χ3n) is 2.14. The highest BCUT2D eigenvalue weighted by Gasteiger charge is 2.13. The quantitative estimate of drug-likeness (QED) is 0.752. The summed E-state index contributed by atoms with van der Waals surface area (Å²) in [5.74, 6) is 0. The van der Waals surface area contributed by atoms with Gasteiger partial charge in [-0.25, -0.2) is 0 Å². The van der Waals surface area contributed by atoms with Crippen LogP contribution in [0.1, 0.15) is 38.2 Å². The monoisotopic (exact) mass is 177 g/mol. The number of nitriles is 1. The molecule has 3 heteroatoms. The molecule has 13 heavy (non-hydrogen) atoms. The molecule has 0 amide bonds. The molecule has 0 aromatic carbocycles. The fourth-order valence-corrected chi connectivity index (χ4v) is 1.64.